The molecule has 1 rings (SSSR count). The van der Waals surface area contributed by atoms with Gasteiger partial charge in [0.15, 0.2) is 5.82 Å². The Morgan fingerprint density at radius 3 is 2.48 bits per heavy atom. The molecule has 0 radical (unpaired) electrons. The van der Waals surface area contributed by atoms with Crippen LogP contribution in [0, 0.1) is 5.82 Å². The van der Waals surface area contributed by atoms with E-state index in [9.17, 15) is 17.6 Å². The van der Waals surface area contributed by atoms with Crippen molar-refractivity contribution in [1.29, 1.82) is 0 Å². The van der Waals surface area contributed by atoms with Gasteiger partial charge < -0.3 is 5.11 Å². The lowest BCUT2D eigenvalue weighted by atomic mass is 10.2. The second kappa shape index (κ2) is 6.67. The van der Waals surface area contributed by atoms with Crippen LogP contribution < -0.4 is 0 Å². The lowest BCUT2D eigenvalue weighted by Gasteiger charge is -2.21. The van der Waals surface area contributed by atoms with Crippen LogP contribution in [0.2, 0.25) is 0 Å². The number of benzene rings is 1. The molecule has 1 N–H and O–H groups in total. The summed E-state index contributed by atoms with van der Waals surface area (Å²) in [6.07, 6.45) is 0. The van der Waals surface area contributed by atoms with Crippen LogP contribution >= 0.6 is 15.9 Å². The molecule has 1 aromatic rings. The molecular formula is C13H15BrFNO4S. The summed E-state index contributed by atoms with van der Waals surface area (Å²) in [4.78, 5) is 10.3. The zero-order valence-electron chi connectivity index (χ0n) is 11.6. The third kappa shape index (κ3) is 3.90. The number of hydrogen-bond acceptors (Lipinski definition) is 3. The fraction of sp³-hybridized carbons (Fsp3) is 0.308. The molecule has 1 aromatic carbocycles. The summed E-state index contributed by atoms with van der Waals surface area (Å²) >= 11 is 3.00. The van der Waals surface area contributed by atoms with Gasteiger partial charge in [0.2, 0.25) is 10.0 Å². The van der Waals surface area contributed by atoms with Gasteiger partial charge in [0.1, 0.15) is 4.90 Å². The predicted molar refractivity (Wildman–Crippen MR) is 80.3 cm³/mol. The first kappa shape index (κ1) is 17.8. The summed E-state index contributed by atoms with van der Waals surface area (Å²) in [6, 6.07) is 2.07. The maximum atomic E-state index is 14.2. The van der Waals surface area contributed by atoms with Gasteiger partial charge in [0.05, 0.1) is 5.56 Å². The van der Waals surface area contributed by atoms with Gasteiger partial charge in [-0.1, -0.05) is 35.0 Å². The van der Waals surface area contributed by atoms with Gasteiger partial charge in [-0.3, -0.25) is 0 Å². The molecule has 0 aliphatic carbocycles. The van der Waals surface area contributed by atoms with E-state index in [4.69, 9.17) is 5.11 Å². The zero-order chi connectivity index (χ0) is 16.4. The maximum Gasteiger partial charge on any atom is 0.338 e. The number of carbonyl (C=O) groups is 1. The van der Waals surface area contributed by atoms with Crippen molar-refractivity contribution in [1.82, 2.24) is 4.31 Å². The van der Waals surface area contributed by atoms with Crippen LogP contribution in [-0.4, -0.2) is 36.9 Å². The molecule has 0 aliphatic heterocycles. The molecule has 0 bridgehead atoms. The Morgan fingerprint density at radius 1 is 1.48 bits per heavy atom. The molecule has 0 heterocycles. The van der Waals surface area contributed by atoms with Crippen LogP contribution in [0.5, 0.6) is 0 Å². The summed E-state index contributed by atoms with van der Waals surface area (Å²) in [6.45, 7) is 7.04. The first-order chi connectivity index (χ1) is 9.61. The highest BCUT2D eigenvalue weighted by Gasteiger charge is 2.29. The SMILES string of the molecule is C=C(C)CN(CC)S(=O)(=O)c1cc(Br)cc(C(=O)O)c1F. The number of likely N-dealkylation sites (N-methyl/N-ethyl adjacent to an activating group) is 1. The number of halogens is 2. The number of carboxylic acids is 1. The third-order valence-electron chi connectivity index (χ3n) is 2.65. The van der Waals surface area contributed by atoms with E-state index >= 15 is 0 Å². The Hall–Kier alpha value is -1.25. The highest BCUT2D eigenvalue weighted by molar-refractivity contribution is 9.10. The monoisotopic (exact) mass is 379 g/mol. The number of hydrogen-bond donors (Lipinski definition) is 1. The average molecular weight is 380 g/mol. The minimum Gasteiger partial charge on any atom is -0.478 e. The van der Waals surface area contributed by atoms with E-state index in [-0.39, 0.29) is 17.6 Å². The van der Waals surface area contributed by atoms with Crippen molar-refractivity contribution in [3.8, 4) is 0 Å². The third-order valence-corrected chi connectivity index (χ3v) is 5.03. The van der Waals surface area contributed by atoms with Crippen LogP contribution in [0.1, 0.15) is 24.2 Å². The normalized spacial score (nSPS) is 11.7. The summed E-state index contributed by atoms with van der Waals surface area (Å²) in [5.41, 5.74) is -0.108. The largest absolute Gasteiger partial charge is 0.478 e. The van der Waals surface area contributed by atoms with Gasteiger partial charge in [-0.05, 0) is 19.1 Å². The summed E-state index contributed by atoms with van der Waals surface area (Å²) in [5, 5.41) is 8.94. The Bertz CT molecular complexity index is 688. The Balaban J connectivity index is 3.50. The van der Waals surface area contributed by atoms with Crippen molar-refractivity contribution in [2.24, 2.45) is 0 Å². The molecule has 0 amide bonds. The summed E-state index contributed by atoms with van der Waals surface area (Å²) in [5.74, 6) is -2.81. The molecule has 0 aromatic heterocycles. The minimum atomic E-state index is -4.15. The topological polar surface area (TPSA) is 74.7 Å². The highest BCUT2D eigenvalue weighted by Crippen LogP contribution is 2.27. The molecule has 5 nitrogen and oxygen atoms in total. The van der Waals surface area contributed by atoms with E-state index in [0.29, 0.717) is 5.57 Å². The van der Waals surface area contributed by atoms with E-state index in [1.165, 1.54) is 0 Å². The van der Waals surface area contributed by atoms with Crippen molar-refractivity contribution in [2.75, 3.05) is 13.1 Å². The van der Waals surface area contributed by atoms with E-state index in [2.05, 4.69) is 22.5 Å². The van der Waals surface area contributed by atoms with Gasteiger partial charge >= 0.3 is 5.97 Å². The lowest BCUT2D eigenvalue weighted by molar-refractivity contribution is 0.0691. The van der Waals surface area contributed by atoms with Crippen molar-refractivity contribution in [3.63, 3.8) is 0 Å². The van der Waals surface area contributed by atoms with E-state index in [1.54, 1.807) is 13.8 Å². The Labute approximate surface area is 131 Å². The van der Waals surface area contributed by atoms with E-state index in [0.717, 1.165) is 16.4 Å². The number of rotatable bonds is 6. The summed E-state index contributed by atoms with van der Waals surface area (Å²) in [7, 11) is -4.15. The van der Waals surface area contributed by atoms with Gasteiger partial charge in [-0.15, -0.1) is 0 Å². The molecule has 8 heteroatoms. The van der Waals surface area contributed by atoms with E-state index in [1.807, 2.05) is 0 Å². The number of aromatic carboxylic acids is 1. The molecule has 0 spiro atoms. The van der Waals surface area contributed by atoms with Crippen molar-refractivity contribution in [2.45, 2.75) is 18.7 Å². The molecule has 0 fully saturated rings. The fourth-order valence-corrected chi connectivity index (χ4v) is 3.94. The highest BCUT2D eigenvalue weighted by atomic mass is 79.9. The number of carboxylic acid groups (broad SMARTS) is 1. The predicted octanol–water partition coefficient (Wildman–Crippen LogP) is 2.87. The van der Waals surface area contributed by atoms with Gasteiger partial charge in [0.25, 0.3) is 0 Å². The summed E-state index contributed by atoms with van der Waals surface area (Å²) < 4.78 is 40.4. The second-order valence-corrected chi connectivity index (χ2v) is 7.28. The Kier molecular flexibility index (Phi) is 5.66. The molecular weight excluding hydrogens is 365 g/mol. The molecule has 0 saturated carbocycles. The van der Waals surface area contributed by atoms with Crippen molar-refractivity contribution < 1.29 is 22.7 Å². The first-order valence-electron chi connectivity index (χ1n) is 5.98. The Morgan fingerprint density at radius 2 is 2.05 bits per heavy atom. The average Bonchev–Trinajstić information content (AvgIpc) is 2.37. The molecule has 116 valence electrons. The molecule has 0 atom stereocenters. The zero-order valence-corrected chi connectivity index (χ0v) is 14.0. The first-order valence-corrected chi connectivity index (χ1v) is 8.21. The molecule has 0 saturated heterocycles. The fourth-order valence-electron chi connectivity index (χ4n) is 1.71. The second-order valence-electron chi connectivity index (χ2n) is 4.46. The van der Waals surface area contributed by atoms with Crippen LogP contribution in [-0.2, 0) is 10.0 Å². The van der Waals surface area contributed by atoms with Gasteiger partial charge in [-0.2, -0.15) is 4.31 Å². The van der Waals surface area contributed by atoms with Gasteiger partial charge in [-0.25, -0.2) is 17.6 Å². The van der Waals surface area contributed by atoms with Crippen molar-refractivity contribution >= 4 is 31.9 Å². The minimum absolute atomic E-state index is 0.0349. The maximum absolute atomic E-state index is 14.2. The molecule has 21 heavy (non-hydrogen) atoms. The van der Waals surface area contributed by atoms with Crippen molar-refractivity contribution in [3.05, 3.63) is 40.1 Å². The van der Waals surface area contributed by atoms with Crippen LogP contribution in [0.3, 0.4) is 0 Å². The quantitative estimate of drug-likeness (QED) is 0.771. The number of sulfonamides is 1. The standard InChI is InChI=1S/C13H15BrFNO4S/c1-4-16(7-8(2)3)21(19,20)11-6-9(14)5-10(12(11)15)13(17)18/h5-6H,2,4,7H2,1,3H3,(H,17,18). The van der Waals surface area contributed by atoms with Crippen LogP contribution in [0.4, 0.5) is 4.39 Å². The van der Waals surface area contributed by atoms with E-state index < -0.39 is 32.3 Å². The van der Waals surface area contributed by atoms with Gasteiger partial charge in [0, 0.05) is 17.6 Å². The van der Waals surface area contributed by atoms with Crippen LogP contribution in [0.25, 0.3) is 0 Å². The van der Waals surface area contributed by atoms with Crippen LogP contribution in [0.15, 0.2) is 33.7 Å². The number of nitrogens with zero attached hydrogens (tertiary/aromatic N) is 1. The molecule has 0 unspecified atom stereocenters. The molecule has 0 aliphatic rings. The smallest absolute Gasteiger partial charge is 0.338 e. The lowest BCUT2D eigenvalue weighted by Crippen LogP contribution is -2.33.